The fourth-order valence-electron chi connectivity index (χ4n) is 1.26. The average Bonchev–Trinajstić information content (AvgIpc) is 2.26. The molecule has 1 aromatic rings. The topological polar surface area (TPSA) is 72.2 Å². The van der Waals surface area contributed by atoms with Crippen molar-refractivity contribution in [1.82, 2.24) is 0 Å². The molecule has 0 heterocycles. The van der Waals surface area contributed by atoms with Crippen molar-refractivity contribution in [3.8, 4) is 0 Å². The van der Waals surface area contributed by atoms with E-state index >= 15 is 0 Å². The third-order valence-electron chi connectivity index (χ3n) is 2.10. The summed E-state index contributed by atoms with van der Waals surface area (Å²) in [4.78, 5) is 21.4. The molecule has 86 valence electrons. The molecule has 0 aliphatic heterocycles. The van der Waals surface area contributed by atoms with Crippen molar-refractivity contribution in [2.45, 2.75) is 26.2 Å². The van der Waals surface area contributed by atoms with Gasteiger partial charge in [-0.25, -0.2) is 0 Å². The minimum atomic E-state index is -0.484. The van der Waals surface area contributed by atoms with Crippen LogP contribution < -0.4 is 5.32 Å². The number of benzene rings is 1. The van der Waals surface area contributed by atoms with Gasteiger partial charge in [0.2, 0.25) is 5.91 Å². The summed E-state index contributed by atoms with van der Waals surface area (Å²) >= 11 is 0. The second-order valence-electron chi connectivity index (χ2n) is 3.46. The molecule has 0 radical (unpaired) electrons. The van der Waals surface area contributed by atoms with Gasteiger partial charge < -0.3 is 5.32 Å². The molecule has 0 bridgehead atoms. The Morgan fingerprint density at radius 3 is 2.88 bits per heavy atom. The SMILES string of the molecule is CCCCC(=O)Nc1cccc([N+](=O)[O-])c1. The number of nitro groups is 1. The Morgan fingerprint density at radius 2 is 2.25 bits per heavy atom. The van der Waals surface area contributed by atoms with E-state index in [0.29, 0.717) is 12.1 Å². The van der Waals surface area contributed by atoms with Gasteiger partial charge in [0.1, 0.15) is 0 Å². The van der Waals surface area contributed by atoms with E-state index in [1.807, 2.05) is 6.92 Å². The highest BCUT2D eigenvalue weighted by molar-refractivity contribution is 5.90. The molecule has 1 amide bonds. The van der Waals surface area contributed by atoms with Crippen LogP contribution in [0.25, 0.3) is 0 Å². The summed E-state index contributed by atoms with van der Waals surface area (Å²) in [5.74, 6) is -0.109. The minimum Gasteiger partial charge on any atom is -0.326 e. The summed E-state index contributed by atoms with van der Waals surface area (Å²) in [5.41, 5.74) is 0.448. The average molecular weight is 222 g/mol. The number of nitrogens with zero attached hydrogens (tertiary/aromatic N) is 1. The zero-order valence-corrected chi connectivity index (χ0v) is 9.10. The molecule has 0 saturated heterocycles. The Morgan fingerprint density at radius 1 is 1.50 bits per heavy atom. The molecule has 0 spiro atoms. The lowest BCUT2D eigenvalue weighted by atomic mass is 10.2. The molecule has 5 heteroatoms. The summed E-state index contributed by atoms with van der Waals surface area (Å²) in [6, 6.07) is 5.93. The van der Waals surface area contributed by atoms with Crippen molar-refractivity contribution < 1.29 is 9.72 Å². The zero-order chi connectivity index (χ0) is 12.0. The van der Waals surface area contributed by atoms with E-state index in [0.717, 1.165) is 12.8 Å². The van der Waals surface area contributed by atoms with Gasteiger partial charge in [0.15, 0.2) is 0 Å². The molecular formula is C11H14N2O3. The maximum atomic E-state index is 11.4. The molecule has 0 fully saturated rings. The van der Waals surface area contributed by atoms with Gasteiger partial charge in [-0.1, -0.05) is 19.4 Å². The number of rotatable bonds is 5. The smallest absolute Gasteiger partial charge is 0.271 e. The van der Waals surface area contributed by atoms with E-state index in [1.54, 1.807) is 12.1 Å². The predicted octanol–water partition coefficient (Wildman–Crippen LogP) is 2.72. The largest absolute Gasteiger partial charge is 0.326 e. The van der Waals surface area contributed by atoms with E-state index < -0.39 is 4.92 Å². The molecule has 0 saturated carbocycles. The standard InChI is InChI=1S/C11H14N2O3/c1-2-3-7-11(14)12-9-5-4-6-10(8-9)13(15)16/h4-6,8H,2-3,7H2,1H3,(H,12,14). The Balaban J connectivity index is 2.63. The van der Waals surface area contributed by atoms with Crippen molar-refractivity contribution in [2.24, 2.45) is 0 Å². The first kappa shape index (κ1) is 12.2. The zero-order valence-electron chi connectivity index (χ0n) is 9.10. The van der Waals surface area contributed by atoms with Gasteiger partial charge in [-0.05, 0) is 12.5 Å². The molecule has 0 unspecified atom stereocenters. The van der Waals surface area contributed by atoms with E-state index in [-0.39, 0.29) is 11.6 Å². The highest BCUT2D eigenvalue weighted by Gasteiger charge is 2.07. The van der Waals surface area contributed by atoms with Gasteiger partial charge in [-0.15, -0.1) is 0 Å². The van der Waals surface area contributed by atoms with Crippen molar-refractivity contribution in [2.75, 3.05) is 5.32 Å². The fraction of sp³-hybridized carbons (Fsp3) is 0.364. The van der Waals surface area contributed by atoms with Crippen LogP contribution in [-0.2, 0) is 4.79 Å². The van der Waals surface area contributed by atoms with E-state index in [4.69, 9.17) is 0 Å². The van der Waals surface area contributed by atoms with Gasteiger partial charge >= 0.3 is 0 Å². The summed E-state index contributed by atoms with van der Waals surface area (Å²) in [6.45, 7) is 2.00. The predicted molar refractivity (Wildman–Crippen MR) is 61.3 cm³/mol. The fourth-order valence-corrected chi connectivity index (χ4v) is 1.26. The minimum absolute atomic E-state index is 0.0201. The third-order valence-corrected chi connectivity index (χ3v) is 2.10. The lowest BCUT2D eigenvalue weighted by molar-refractivity contribution is -0.384. The van der Waals surface area contributed by atoms with Crippen LogP contribution in [0.2, 0.25) is 0 Å². The van der Waals surface area contributed by atoms with Crippen molar-refractivity contribution in [3.05, 3.63) is 34.4 Å². The number of hydrogen-bond acceptors (Lipinski definition) is 3. The molecule has 5 nitrogen and oxygen atoms in total. The number of nitro benzene ring substituents is 1. The lowest BCUT2D eigenvalue weighted by Gasteiger charge is -2.03. The van der Waals surface area contributed by atoms with Crippen LogP contribution in [0, 0.1) is 10.1 Å². The van der Waals surface area contributed by atoms with Crippen LogP contribution in [0.4, 0.5) is 11.4 Å². The molecule has 1 N–H and O–H groups in total. The second-order valence-corrected chi connectivity index (χ2v) is 3.46. The Labute approximate surface area is 93.6 Å². The molecule has 0 aliphatic carbocycles. The highest BCUT2D eigenvalue weighted by Crippen LogP contribution is 2.17. The Hall–Kier alpha value is -1.91. The second kappa shape index (κ2) is 5.85. The van der Waals surface area contributed by atoms with Crippen molar-refractivity contribution in [3.63, 3.8) is 0 Å². The molecule has 0 aliphatic rings. The van der Waals surface area contributed by atoms with Crippen LogP contribution in [0.3, 0.4) is 0 Å². The van der Waals surface area contributed by atoms with Gasteiger partial charge in [0.05, 0.1) is 4.92 Å². The number of carbonyl (C=O) groups excluding carboxylic acids is 1. The lowest BCUT2D eigenvalue weighted by Crippen LogP contribution is -2.10. The molecule has 0 aromatic heterocycles. The summed E-state index contributed by atoms with van der Waals surface area (Å²) in [5, 5.41) is 13.1. The van der Waals surface area contributed by atoms with Crippen molar-refractivity contribution >= 4 is 17.3 Å². The number of non-ortho nitro benzene ring substituents is 1. The maximum Gasteiger partial charge on any atom is 0.271 e. The highest BCUT2D eigenvalue weighted by atomic mass is 16.6. The third kappa shape index (κ3) is 3.68. The van der Waals surface area contributed by atoms with Gasteiger partial charge in [-0.3, -0.25) is 14.9 Å². The number of unbranched alkanes of at least 4 members (excludes halogenated alkanes) is 1. The Bertz CT molecular complexity index is 391. The first-order valence-electron chi connectivity index (χ1n) is 5.17. The summed E-state index contributed by atoms with van der Waals surface area (Å²) < 4.78 is 0. The van der Waals surface area contributed by atoms with Crippen molar-refractivity contribution in [1.29, 1.82) is 0 Å². The maximum absolute atomic E-state index is 11.4. The van der Waals surface area contributed by atoms with Crippen LogP contribution in [0.1, 0.15) is 26.2 Å². The van der Waals surface area contributed by atoms with Crippen LogP contribution in [-0.4, -0.2) is 10.8 Å². The van der Waals surface area contributed by atoms with Gasteiger partial charge in [0, 0.05) is 24.2 Å². The van der Waals surface area contributed by atoms with Crippen LogP contribution in [0.5, 0.6) is 0 Å². The van der Waals surface area contributed by atoms with Crippen LogP contribution in [0.15, 0.2) is 24.3 Å². The molecule has 1 rings (SSSR count). The Kier molecular flexibility index (Phi) is 4.44. The summed E-state index contributed by atoms with van der Waals surface area (Å²) in [6.07, 6.45) is 2.21. The molecule has 0 atom stereocenters. The molecule has 16 heavy (non-hydrogen) atoms. The number of amides is 1. The molecular weight excluding hydrogens is 208 g/mol. The normalized spacial score (nSPS) is 9.81. The first-order valence-corrected chi connectivity index (χ1v) is 5.17. The van der Waals surface area contributed by atoms with E-state index in [2.05, 4.69) is 5.32 Å². The number of hydrogen-bond donors (Lipinski definition) is 1. The van der Waals surface area contributed by atoms with Crippen LogP contribution >= 0.6 is 0 Å². The number of nitrogens with one attached hydrogen (secondary N) is 1. The summed E-state index contributed by atoms with van der Waals surface area (Å²) in [7, 11) is 0. The number of carbonyl (C=O) groups is 1. The number of anilines is 1. The molecule has 1 aromatic carbocycles. The monoisotopic (exact) mass is 222 g/mol. The van der Waals surface area contributed by atoms with E-state index in [9.17, 15) is 14.9 Å². The first-order chi connectivity index (χ1) is 7.63. The van der Waals surface area contributed by atoms with Gasteiger partial charge in [-0.2, -0.15) is 0 Å². The quantitative estimate of drug-likeness (QED) is 0.615. The van der Waals surface area contributed by atoms with Gasteiger partial charge in [0.25, 0.3) is 5.69 Å². The van der Waals surface area contributed by atoms with E-state index in [1.165, 1.54) is 12.1 Å².